The summed E-state index contributed by atoms with van der Waals surface area (Å²) >= 11 is 0. The third kappa shape index (κ3) is 3.13. The van der Waals surface area contributed by atoms with Crippen molar-refractivity contribution in [2.45, 2.75) is 13.5 Å². The monoisotopic (exact) mass is 247 g/mol. The van der Waals surface area contributed by atoms with Gasteiger partial charge in [-0.3, -0.25) is 4.68 Å². The first-order valence-corrected chi connectivity index (χ1v) is 5.89. The zero-order chi connectivity index (χ0) is 12.8. The minimum absolute atomic E-state index is 0.621. The Morgan fingerprint density at radius 3 is 3.11 bits per heavy atom. The van der Waals surface area contributed by atoms with Crippen LogP contribution in [0.2, 0.25) is 0 Å². The van der Waals surface area contributed by atoms with Gasteiger partial charge in [-0.1, -0.05) is 0 Å². The molecule has 0 aromatic carbocycles. The van der Waals surface area contributed by atoms with Gasteiger partial charge in [0, 0.05) is 18.9 Å². The van der Waals surface area contributed by atoms with E-state index in [1.807, 2.05) is 19.1 Å². The fourth-order valence-corrected chi connectivity index (χ4v) is 1.59. The molecule has 6 heteroatoms. The molecule has 0 aliphatic heterocycles. The summed E-state index contributed by atoms with van der Waals surface area (Å²) in [7, 11) is 0. The molecule has 0 amide bonds. The van der Waals surface area contributed by atoms with Crippen molar-refractivity contribution in [2.75, 3.05) is 24.2 Å². The quantitative estimate of drug-likeness (QED) is 0.806. The molecule has 0 bridgehead atoms. The number of nitrogen functional groups attached to an aromatic ring is 1. The molecule has 0 saturated carbocycles. The number of anilines is 2. The summed E-state index contributed by atoms with van der Waals surface area (Å²) < 4.78 is 7.26. The lowest BCUT2D eigenvalue weighted by Gasteiger charge is -2.10. The maximum atomic E-state index is 5.59. The van der Waals surface area contributed by atoms with Gasteiger partial charge in [-0.15, -0.1) is 0 Å². The van der Waals surface area contributed by atoms with Crippen LogP contribution in [0.1, 0.15) is 6.92 Å². The lowest BCUT2D eigenvalue weighted by Crippen LogP contribution is -2.12. The number of pyridine rings is 1. The van der Waals surface area contributed by atoms with E-state index in [0.717, 1.165) is 18.1 Å². The van der Waals surface area contributed by atoms with Crippen LogP contribution in [-0.4, -0.2) is 27.9 Å². The summed E-state index contributed by atoms with van der Waals surface area (Å²) in [4.78, 5) is 4.24. The average molecular weight is 247 g/mol. The Labute approximate surface area is 106 Å². The summed E-state index contributed by atoms with van der Waals surface area (Å²) in [6.45, 7) is 4.00. The van der Waals surface area contributed by atoms with Crippen molar-refractivity contribution < 1.29 is 4.74 Å². The smallest absolute Gasteiger partial charge is 0.168 e. The standard InChI is InChI=1S/C12H17N5O/c1-2-18-11-4-3-5-14-12(11)15-6-7-17-9-10(13)8-16-17/h3-5,8-9H,2,6-7,13H2,1H3,(H,14,15). The van der Waals surface area contributed by atoms with Crippen LogP contribution in [0.3, 0.4) is 0 Å². The molecule has 0 aliphatic rings. The highest BCUT2D eigenvalue weighted by Gasteiger charge is 2.03. The molecule has 0 radical (unpaired) electrons. The van der Waals surface area contributed by atoms with Crippen LogP contribution in [0.4, 0.5) is 11.5 Å². The molecule has 0 spiro atoms. The first-order valence-electron chi connectivity index (χ1n) is 5.89. The molecule has 2 aromatic rings. The normalized spacial score (nSPS) is 10.3. The summed E-state index contributed by atoms with van der Waals surface area (Å²) in [5.41, 5.74) is 6.26. The molecule has 0 aliphatic carbocycles. The Hall–Kier alpha value is -2.24. The van der Waals surface area contributed by atoms with E-state index < -0.39 is 0 Å². The number of hydrogen-bond acceptors (Lipinski definition) is 5. The van der Waals surface area contributed by atoms with Crippen molar-refractivity contribution in [3.8, 4) is 5.75 Å². The van der Waals surface area contributed by atoms with E-state index in [1.165, 1.54) is 0 Å². The fourth-order valence-electron chi connectivity index (χ4n) is 1.59. The molecule has 96 valence electrons. The van der Waals surface area contributed by atoms with Gasteiger partial charge in [0.15, 0.2) is 11.6 Å². The van der Waals surface area contributed by atoms with Crippen molar-refractivity contribution in [1.29, 1.82) is 0 Å². The van der Waals surface area contributed by atoms with Crippen molar-refractivity contribution in [3.63, 3.8) is 0 Å². The van der Waals surface area contributed by atoms with Gasteiger partial charge in [0.25, 0.3) is 0 Å². The zero-order valence-corrected chi connectivity index (χ0v) is 10.3. The van der Waals surface area contributed by atoms with Crippen LogP contribution in [0.25, 0.3) is 0 Å². The summed E-state index contributed by atoms with van der Waals surface area (Å²) in [5.74, 6) is 1.51. The van der Waals surface area contributed by atoms with Gasteiger partial charge in [-0.2, -0.15) is 5.10 Å². The summed E-state index contributed by atoms with van der Waals surface area (Å²) in [5, 5.41) is 7.32. The van der Waals surface area contributed by atoms with E-state index in [0.29, 0.717) is 18.8 Å². The molecule has 2 rings (SSSR count). The van der Waals surface area contributed by atoms with E-state index in [4.69, 9.17) is 10.5 Å². The molecule has 6 nitrogen and oxygen atoms in total. The van der Waals surface area contributed by atoms with Crippen LogP contribution >= 0.6 is 0 Å². The Morgan fingerprint density at radius 2 is 2.39 bits per heavy atom. The molecule has 0 saturated heterocycles. The van der Waals surface area contributed by atoms with Gasteiger partial charge < -0.3 is 15.8 Å². The minimum Gasteiger partial charge on any atom is -0.490 e. The number of hydrogen-bond donors (Lipinski definition) is 2. The van der Waals surface area contributed by atoms with E-state index >= 15 is 0 Å². The van der Waals surface area contributed by atoms with Crippen molar-refractivity contribution in [1.82, 2.24) is 14.8 Å². The number of nitrogens with two attached hydrogens (primary N) is 1. The third-order valence-corrected chi connectivity index (χ3v) is 2.36. The molecule has 0 atom stereocenters. The Kier molecular flexibility index (Phi) is 4.01. The lowest BCUT2D eigenvalue weighted by atomic mass is 10.4. The number of nitrogens with zero attached hydrogens (tertiary/aromatic N) is 3. The number of ether oxygens (including phenoxy) is 1. The van der Waals surface area contributed by atoms with Crippen LogP contribution in [0, 0.1) is 0 Å². The maximum absolute atomic E-state index is 5.59. The molecule has 2 aromatic heterocycles. The van der Waals surface area contributed by atoms with Gasteiger partial charge in [-0.05, 0) is 19.1 Å². The van der Waals surface area contributed by atoms with Gasteiger partial charge in [0.1, 0.15) is 0 Å². The van der Waals surface area contributed by atoms with Crippen LogP contribution in [0.15, 0.2) is 30.7 Å². The SMILES string of the molecule is CCOc1cccnc1NCCn1cc(N)cn1. The fraction of sp³-hybridized carbons (Fsp3) is 0.333. The maximum Gasteiger partial charge on any atom is 0.168 e. The molecule has 18 heavy (non-hydrogen) atoms. The average Bonchev–Trinajstić information content (AvgIpc) is 2.78. The summed E-state index contributed by atoms with van der Waals surface area (Å²) in [6.07, 6.45) is 5.16. The lowest BCUT2D eigenvalue weighted by molar-refractivity contribution is 0.340. The highest BCUT2D eigenvalue weighted by molar-refractivity contribution is 5.49. The second-order valence-electron chi connectivity index (χ2n) is 3.75. The molecule has 0 unspecified atom stereocenters. The van der Waals surface area contributed by atoms with E-state index in [9.17, 15) is 0 Å². The number of aromatic nitrogens is 3. The second-order valence-corrected chi connectivity index (χ2v) is 3.75. The van der Waals surface area contributed by atoms with Crippen LogP contribution in [0.5, 0.6) is 5.75 Å². The third-order valence-electron chi connectivity index (χ3n) is 2.36. The van der Waals surface area contributed by atoms with Crippen molar-refractivity contribution in [3.05, 3.63) is 30.7 Å². The van der Waals surface area contributed by atoms with E-state index in [2.05, 4.69) is 15.4 Å². The predicted octanol–water partition coefficient (Wildman–Crippen LogP) is 1.37. The molecule has 0 fully saturated rings. The van der Waals surface area contributed by atoms with Crippen molar-refractivity contribution >= 4 is 11.5 Å². The largest absolute Gasteiger partial charge is 0.490 e. The van der Waals surface area contributed by atoms with Crippen LogP contribution < -0.4 is 15.8 Å². The molecular weight excluding hydrogens is 230 g/mol. The Balaban J connectivity index is 1.89. The first kappa shape index (κ1) is 12.2. The zero-order valence-electron chi connectivity index (χ0n) is 10.3. The number of nitrogens with one attached hydrogen (secondary N) is 1. The topological polar surface area (TPSA) is 78.0 Å². The molecule has 3 N–H and O–H groups in total. The minimum atomic E-state index is 0.621. The first-order chi connectivity index (χ1) is 8.79. The second kappa shape index (κ2) is 5.90. The summed E-state index contributed by atoms with van der Waals surface area (Å²) in [6, 6.07) is 3.75. The number of rotatable bonds is 6. The van der Waals surface area contributed by atoms with Gasteiger partial charge in [0.05, 0.1) is 25.0 Å². The molecular formula is C12H17N5O. The predicted molar refractivity (Wildman–Crippen MR) is 70.5 cm³/mol. The van der Waals surface area contributed by atoms with Crippen molar-refractivity contribution in [2.24, 2.45) is 0 Å². The van der Waals surface area contributed by atoms with Gasteiger partial charge in [-0.25, -0.2) is 4.98 Å². The Morgan fingerprint density at radius 1 is 1.50 bits per heavy atom. The molecule has 2 heterocycles. The highest BCUT2D eigenvalue weighted by atomic mass is 16.5. The Bertz CT molecular complexity index is 497. The van der Waals surface area contributed by atoms with E-state index in [1.54, 1.807) is 23.3 Å². The van der Waals surface area contributed by atoms with Gasteiger partial charge >= 0.3 is 0 Å². The van der Waals surface area contributed by atoms with Gasteiger partial charge in [0.2, 0.25) is 0 Å². The highest BCUT2D eigenvalue weighted by Crippen LogP contribution is 2.20. The van der Waals surface area contributed by atoms with Crippen LogP contribution in [-0.2, 0) is 6.54 Å². The van der Waals surface area contributed by atoms with E-state index in [-0.39, 0.29) is 0 Å².